The zero-order valence-corrected chi connectivity index (χ0v) is 12.3. The van der Waals surface area contributed by atoms with Gasteiger partial charge < -0.3 is 19.9 Å². The molecule has 2 rings (SSSR count). The minimum atomic E-state index is 0.160. The summed E-state index contributed by atoms with van der Waals surface area (Å²) in [6.45, 7) is 2.63. The molecule has 0 saturated heterocycles. The highest BCUT2D eigenvalue weighted by Crippen LogP contribution is 2.30. The van der Waals surface area contributed by atoms with Gasteiger partial charge in [-0.2, -0.15) is 0 Å². The molecule has 112 valence electrons. The summed E-state index contributed by atoms with van der Waals surface area (Å²) in [6, 6.07) is 6.42. The zero-order chi connectivity index (χ0) is 14.2. The molecule has 2 N–H and O–H groups in total. The molecule has 1 aromatic rings. The van der Waals surface area contributed by atoms with Crippen molar-refractivity contribution in [2.75, 3.05) is 33.5 Å². The van der Waals surface area contributed by atoms with Crippen molar-refractivity contribution in [2.45, 2.75) is 31.7 Å². The van der Waals surface area contributed by atoms with Crippen molar-refractivity contribution in [3.8, 4) is 5.75 Å². The average molecular weight is 279 g/mol. The van der Waals surface area contributed by atoms with E-state index in [0.29, 0.717) is 19.8 Å². The predicted molar refractivity (Wildman–Crippen MR) is 79.1 cm³/mol. The second-order valence-corrected chi connectivity index (χ2v) is 5.17. The van der Waals surface area contributed by atoms with Crippen LogP contribution in [0.3, 0.4) is 0 Å². The fourth-order valence-electron chi connectivity index (χ4n) is 2.53. The van der Waals surface area contributed by atoms with E-state index in [9.17, 15) is 0 Å². The van der Waals surface area contributed by atoms with Gasteiger partial charge in [-0.3, -0.25) is 0 Å². The van der Waals surface area contributed by atoms with E-state index in [1.54, 1.807) is 7.11 Å². The molecule has 1 atom stereocenters. The second-order valence-electron chi connectivity index (χ2n) is 5.17. The Morgan fingerprint density at radius 3 is 2.95 bits per heavy atom. The number of aryl methyl sites for hydroxylation is 1. The number of rotatable bonds is 8. The predicted octanol–water partition coefficient (Wildman–Crippen LogP) is 2.45. The van der Waals surface area contributed by atoms with Crippen LogP contribution in [0.1, 0.15) is 36.4 Å². The first-order chi connectivity index (χ1) is 9.81. The van der Waals surface area contributed by atoms with E-state index in [1.807, 2.05) is 6.07 Å². The van der Waals surface area contributed by atoms with Crippen LogP contribution in [0.25, 0.3) is 0 Å². The largest absolute Gasteiger partial charge is 0.491 e. The first-order valence-electron chi connectivity index (χ1n) is 7.39. The number of methoxy groups -OCH3 is 1. The summed E-state index contributed by atoms with van der Waals surface area (Å²) in [7, 11) is 1.70. The Balaban J connectivity index is 1.72. The van der Waals surface area contributed by atoms with E-state index in [4.69, 9.17) is 19.9 Å². The monoisotopic (exact) mass is 279 g/mol. The third-order valence-corrected chi connectivity index (χ3v) is 3.61. The maximum absolute atomic E-state index is 6.15. The van der Waals surface area contributed by atoms with Gasteiger partial charge in [-0.15, -0.1) is 0 Å². The van der Waals surface area contributed by atoms with Crippen molar-refractivity contribution in [1.82, 2.24) is 0 Å². The SMILES string of the molecule is COCCCOCCOc1ccc2c(c1)[C@@H](N)CCC2. The quantitative estimate of drug-likeness (QED) is 0.743. The first-order valence-corrected chi connectivity index (χ1v) is 7.39. The molecule has 0 fully saturated rings. The van der Waals surface area contributed by atoms with Gasteiger partial charge in [0.15, 0.2) is 0 Å². The van der Waals surface area contributed by atoms with Crippen LogP contribution in [0.4, 0.5) is 0 Å². The third kappa shape index (κ3) is 4.47. The van der Waals surface area contributed by atoms with Crippen molar-refractivity contribution >= 4 is 0 Å². The molecule has 0 saturated carbocycles. The highest BCUT2D eigenvalue weighted by Gasteiger charge is 2.17. The van der Waals surface area contributed by atoms with Crippen molar-refractivity contribution in [1.29, 1.82) is 0 Å². The minimum absolute atomic E-state index is 0.160. The van der Waals surface area contributed by atoms with Gasteiger partial charge >= 0.3 is 0 Å². The molecule has 0 aromatic heterocycles. The molecular weight excluding hydrogens is 254 g/mol. The molecule has 4 nitrogen and oxygen atoms in total. The van der Waals surface area contributed by atoms with Crippen molar-refractivity contribution in [3.63, 3.8) is 0 Å². The summed E-state index contributed by atoms with van der Waals surface area (Å²) < 4.78 is 16.1. The Kier molecular flexibility index (Phi) is 6.30. The topological polar surface area (TPSA) is 53.7 Å². The maximum Gasteiger partial charge on any atom is 0.119 e. The molecule has 0 aliphatic heterocycles. The van der Waals surface area contributed by atoms with Crippen LogP contribution < -0.4 is 10.5 Å². The summed E-state index contributed by atoms with van der Waals surface area (Å²) in [6.07, 6.45) is 4.30. The molecule has 0 radical (unpaired) electrons. The van der Waals surface area contributed by atoms with Gasteiger partial charge in [-0.25, -0.2) is 0 Å². The van der Waals surface area contributed by atoms with E-state index in [1.165, 1.54) is 17.5 Å². The third-order valence-electron chi connectivity index (χ3n) is 3.61. The molecule has 0 heterocycles. The molecular formula is C16H25NO3. The Morgan fingerprint density at radius 2 is 2.10 bits per heavy atom. The molecule has 20 heavy (non-hydrogen) atoms. The first kappa shape index (κ1) is 15.3. The summed E-state index contributed by atoms with van der Waals surface area (Å²) in [5.74, 6) is 0.890. The van der Waals surface area contributed by atoms with Crippen LogP contribution >= 0.6 is 0 Å². The lowest BCUT2D eigenvalue weighted by molar-refractivity contribution is 0.0806. The van der Waals surface area contributed by atoms with Crippen LogP contribution in [0.2, 0.25) is 0 Å². The number of hydrogen-bond donors (Lipinski definition) is 1. The van der Waals surface area contributed by atoms with E-state index in [-0.39, 0.29) is 6.04 Å². The second kappa shape index (κ2) is 8.25. The van der Waals surface area contributed by atoms with E-state index in [0.717, 1.165) is 31.6 Å². The molecule has 1 aliphatic carbocycles. The summed E-state index contributed by atoms with van der Waals surface area (Å²) >= 11 is 0. The van der Waals surface area contributed by atoms with Gasteiger partial charge in [0.25, 0.3) is 0 Å². The molecule has 0 unspecified atom stereocenters. The highest BCUT2D eigenvalue weighted by molar-refractivity contribution is 5.39. The van der Waals surface area contributed by atoms with Gasteiger partial charge in [-0.05, 0) is 48.9 Å². The lowest BCUT2D eigenvalue weighted by Crippen LogP contribution is -2.17. The van der Waals surface area contributed by atoms with E-state index in [2.05, 4.69) is 12.1 Å². The Bertz CT molecular complexity index is 409. The molecule has 0 spiro atoms. The van der Waals surface area contributed by atoms with Crippen LogP contribution in [-0.2, 0) is 15.9 Å². The van der Waals surface area contributed by atoms with Crippen LogP contribution in [-0.4, -0.2) is 33.5 Å². The van der Waals surface area contributed by atoms with E-state index >= 15 is 0 Å². The average Bonchev–Trinajstić information content (AvgIpc) is 2.47. The molecule has 0 bridgehead atoms. The van der Waals surface area contributed by atoms with Crippen LogP contribution in [0.15, 0.2) is 18.2 Å². The number of ether oxygens (including phenoxy) is 3. The number of benzene rings is 1. The summed E-state index contributed by atoms with van der Waals surface area (Å²) in [4.78, 5) is 0. The smallest absolute Gasteiger partial charge is 0.119 e. The van der Waals surface area contributed by atoms with E-state index < -0.39 is 0 Å². The standard InChI is InChI=1S/C16H25NO3/c1-18-8-3-9-19-10-11-20-14-7-6-13-4-2-5-16(17)15(13)12-14/h6-7,12,16H,2-5,8-11,17H2,1H3/t16-/m0/s1. The van der Waals surface area contributed by atoms with Gasteiger partial charge in [-0.1, -0.05) is 6.07 Å². The summed E-state index contributed by atoms with van der Waals surface area (Å²) in [5, 5.41) is 0. The number of hydrogen-bond acceptors (Lipinski definition) is 4. The Morgan fingerprint density at radius 1 is 1.20 bits per heavy atom. The number of nitrogens with two attached hydrogens (primary N) is 1. The molecule has 4 heteroatoms. The lowest BCUT2D eigenvalue weighted by Gasteiger charge is -2.22. The molecule has 1 aromatic carbocycles. The van der Waals surface area contributed by atoms with Crippen molar-refractivity contribution < 1.29 is 14.2 Å². The highest BCUT2D eigenvalue weighted by atomic mass is 16.5. The minimum Gasteiger partial charge on any atom is -0.491 e. The maximum atomic E-state index is 6.15. The van der Waals surface area contributed by atoms with Gasteiger partial charge in [0, 0.05) is 26.4 Å². The van der Waals surface area contributed by atoms with Crippen molar-refractivity contribution in [3.05, 3.63) is 29.3 Å². The zero-order valence-electron chi connectivity index (χ0n) is 12.3. The fraction of sp³-hybridized carbons (Fsp3) is 0.625. The van der Waals surface area contributed by atoms with Gasteiger partial charge in [0.05, 0.1) is 6.61 Å². The molecule has 1 aliphatic rings. The summed E-state index contributed by atoms with van der Waals surface area (Å²) in [5.41, 5.74) is 8.76. The number of fused-ring (bicyclic) bond motifs is 1. The van der Waals surface area contributed by atoms with Gasteiger partial charge in [0.2, 0.25) is 0 Å². The van der Waals surface area contributed by atoms with Gasteiger partial charge in [0.1, 0.15) is 12.4 Å². The van der Waals surface area contributed by atoms with Crippen molar-refractivity contribution in [2.24, 2.45) is 5.73 Å². The normalized spacial score (nSPS) is 17.8. The van der Waals surface area contributed by atoms with Crippen LogP contribution in [0.5, 0.6) is 5.75 Å². The lowest BCUT2D eigenvalue weighted by atomic mass is 9.88. The Hall–Kier alpha value is -1.10. The fourth-order valence-corrected chi connectivity index (χ4v) is 2.53. The molecule has 0 amide bonds. The Labute approximate surface area is 121 Å². The van der Waals surface area contributed by atoms with Crippen LogP contribution in [0, 0.1) is 0 Å².